The maximum absolute atomic E-state index is 12.4. The van der Waals surface area contributed by atoms with Crippen LogP contribution in [0.4, 0.5) is 0 Å². The van der Waals surface area contributed by atoms with Crippen LogP contribution in [0.5, 0.6) is 0 Å². The van der Waals surface area contributed by atoms with Crippen LogP contribution in [0, 0.1) is 11.8 Å². The van der Waals surface area contributed by atoms with Gasteiger partial charge in [0, 0.05) is 18.0 Å². The monoisotopic (exact) mass is 268 g/mol. The molecule has 0 amide bonds. The van der Waals surface area contributed by atoms with Crippen LogP contribution < -0.4 is 5.32 Å². The van der Waals surface area contributed by atoms with Gasteiger partial charge in [-0.3, -0.25) is 4.79 Å². The smallest absolute Gasteiger partial charge is 0.326 e. The molecule has 1 saturated carbocycles. The van der Waals surface area contributed by atoms with Crippen LogP contribution in [0.1, 0.15) is 40.0 Å². The van der Waals surface area contributed by atoms with Crippen LogP contribution >= 0.6 is 0 Å². The van der Waals surface area contributed by atoms with Crippen molar-refractivity contribution in [2.45, 2.75) is 45.6 Å². The summed E-state index contributed by atoms with van der Waals surface area (Å²) in [6, 6.07) is 0. The number of esters is 1. The van der Waals surface area contributed by atoms with Crippen LogP contribution in [0.15, 0.2) is 5.11 Å². The van der Waals surface area contributed by atoms with Crippen LogP contribution in [0.3, 0.4) is 0 Å². The third kappa shape index (κ3) is 3.61. The lowest BCUT2D eigenvalue weighted by Gasteiger charge is -2.44. The van der Waals surface area contributed by atoms with Crippen molar-refractivity contribution in [2.75, 3.05) is 19.7 Å². The Hall–Kier alpha value is -1.26. The van der Waals surface area contributed by atoms with Gasteiger partial charge in [-0.2, -0.15) is 0 Å². The van der Waals surface area contributed by atoms with E-state index in [0.29, 0.717) is 25.6 Å². The minimum atomic E-state index is -0.626. The molecular weight excluding hydrogens is 244 g/mol. The molecule has 1 fully saturated rings. The Balaban J connectivity index is 2.82. The van der Waals surface area contributed by atoms with Gasteiger partial charge in [0.05, 0.1) is 6.61 Å². The number of azide groups is 1. The van der Waals surface area contributed by atoms with Gasteiger partial charge in [-0.25, -0.2) is 0 Å². The third-order valence-corrected chi connectivity index (χ3v) is 4.22. The predicted molar refractivity (Wildman–Crippen MR) is 73.6 cm³/mol. The fourth-order valence-corrected chi connectivity index (χ4v) is 2.91. The molecule has 1 N–H and O–H groups in total. The number of ether oxygens (including phenoxy) is 1. The van der Waals surface area contributed by atoms with Crippen molar-refractivity contribution in [3.05, 3.63) is 10.4 Å². The van der Waals surface area contributed by atoms with Gasteiger partial charge in [0.25, 0.3) is 0 Å². The summed E-state index contributed by atoms with van der Waals surface area (Å²) in [5.41, 5.74) is 7.67. The van der Waals surface area contributed by atoms with Gasteiger partial charge < -0.3 is 10.1 Å². The van der Waals surface area contributed by atoms with E-state index in [1.54, 1.807) is 0 Å². The molecule has 6 heteroatoms. The van der Waals surface area contributed by atoms with E-state index in [4.69, 9.17) is 10.3 Å². The van der Waals surface area contributed by atoms with E-state index in [1.165, 1.54) is 0 Å². The minimum Gasteiger partial charge on any atom is -0.465 e. The van der Waals surface area contributed by atoms with Crippen LogP contribution in [0.2, 0.25) is 0 Å². The number of rotatable bonds is 6. The van der Waals surface area contributed by atoms with Crippen molar-refractivity contribution in [1.82, 2.24) is 5.32 Å². The fourth-order valence-electron chi connectivity index (χ4n) is 2.91. The Morgan fingerprint density at radius 2 is 2.32 bits per heavy atom. The average molecular weight is 268 g/mol. The number of carbonyl (C=O) groups excluding carboxylic acids is 1. The molecule has 0 aromatic heterocycles. The van der Waals surface area contributed by atoms with E-state index < -0.39 is 5.54 Å². The van der Waals surface area contributed by atoms with Gasteiger partial charge in [-0.15, -0.1) is 0 Å². The number of hydrogen-bond donors (Lipinski definition) is 1. The van der Waals surface area contributed by atoms with Crippen molar-refractivity contribution in [1.29, 1.82) is 0 Å². The first-order valence-electron chi connectivity index (χ1n) is 7.01. The second kappa shape index (κ2) is 7.36. The van der Waals surface area contributed by atoms with Crippen molar-refractivity contribution < 1.29 is 9.53 Å². The summed E-state index contributed by atoms with van der Waals surface area (Å²) in [5, 5.41) is 6.80. The first-order valence-corrected chi connectivity index (χ1v) is 7.01. The van der Waals surface area contributed by atoms with Gasteiger partial charge in [-0.1, -0.05) is 31.8 Å². The van der Waals surface area contributed by atoms with E-state index in [-0.39, 0.29) is 11.9 Å². The molecule has 0 aromatic carbocycles. The Kier molecular flexibility index (Phi) is 6.12. The second-order valence-corrected chi connectivity index (χ2v) is 5.23. The standard InChI is InChI=1S/C13H24N4O2/c1-4-19-12(18)13(15-8-9-16-17-14)7-5-6-10(2)11(13)3/h10-11,15H,4-9H2,1-3H3. The zero-order valence-corrected chi connectivity index (χ0v) is 12.1. The summed E-state index contributed by atoms with van der Waals surface area (Å²) in [5.74, 6) is 0.520. The maximum atomic E-state index is 12.4. The molecule has 0 radical (unpaired) electrons. The van der Waals surface area contributed by atoms with Gasteiger partial charge in [0.15, 0.2) is 0 Å². The zero-order valence-electron chi connectivity index (χ0n) is 12.1. The topological polar surface area (TPSA) is 87.1 Å². The van der Waals surface area contributed by atoms with Gasteiger partial charge >= 0.3 is 5.97 Å². The van der Waals surface area contributed by atoms with E-state index >= 15 is 0 Å². The van der Waals surface area contributed by atoms with E-state index in [0.717, 1.165) is 19.3 Å². The highest BCUT2D eigenvalue weighted by Gasteiger charge is 2.48. The van der Waals surface area contributed by atoms with Crippen molar-refractivity contribution in [2.24, 2.45) is 17.0 Å². The highest BCUT2D eigenvalue weighted by atomic mass is 16.5. The van der Waals surface area contributed by atoms with Crippen molar-refractivity contribution >= 4 is 5.97 Å². The molecule has 3 unspecified atom stereocenters. The zero-order chi connectivity index (χ0) is 14.3. The number of nitrogens with one attached hydrogen (secondary N) is 1. The number of hydrogen-bond acceptors (Lipinski definition) is 4. The van der Waals surface area contributed by atoms with Crippen LogP contribution in [-0.2, 0) is 9.53 Å². The van der Waals surface area contributed by atoms with E-state index in [1.807, 2.05) is 6.92 Å². The quantitative estimate of drug-likeness (QED) is 0.264. The Bertz CT molecular complexity index is 355. The summed E-state index contributed by atoms with van der Waals surface area (Å²) in [6.07, 6.45) is 2.94. The SMILES string of the molecule is CCOC(=O)C1(NCCN=[N+]=[N-])CCCC(C)C1C. The highest BCUT2D eigenvalue weighted by molar-refractivity contribution is 5.81. The molecule has 1 aliphatic carbocycles. The Morgan fingerprint density at radius 1 is 1.58 bits per heavy atom. The van der Waals surface area contributed by atoms with Crippen molar-refractivity contribution in [3.63, 3.8) is 0 Å². The lowest BCUT2D eigenvalue weighted by atomic mass is 9.68. The molecule has 0 bridgehead atoms. The normalized spacial score (nSPS) is 30.5. The molecule has 6 nitrogen and oxygen atoms in total. The first-order chi connectivity index (χ1) is 9.08. The Labute approximate surface area is 114 Å². The summed E-state index contributed by atoms with van der Waals surface area (Å²) in [7, 11) is 0. The molecule has 0 aromatic rings. The second-order valence-electron chi connectivity index (χ2n) is 5.23. The molecule has 1 rings (SSSR count). The lowest BCUT2D eigenvalue weighted by Crippen LogP contribution is -2.61. The number of nitrogens with zero attached hydrogens (tertiary/aromatic N) is 3. The summed E-state index contributed by atoms with van der Waals surface area (Å²) in [4.78, 5) is 15.1. The predicted octanol–water partition coefficient (Wildman–Crippen LogP) is 2.64. The number of carbonyl (C=O) groups is 1. The molecule has 1 aliphatic rings. The Morgan fingerprint density at radius 3 is 2.95 bits per heavy atom. The largest absolute Gasteiger partial charge is 0.465 e. The third-order valence-electron chi connectivity index (χ3n) is 4.22. The molecule has 0 saturated heterocycles. The van der Waals surface area contributed by atoms with E-state index in [2.05, 4.69) is 29.2 Å². The summed E-state index contributed by atoms with van der Waals surface area (Å²) >= 11 is 0. The molecule has 0 aliphatic heterocycles. The highest BCUT2D eigenvalue weighted by Crippen LogP contribution is 2.38. The summed E-state index contributed by atoms with van der Waals surface area (Å²) in [6.45, 7) is 7.33. The van der Waals surface area contributed by atoms with Crippen molar-refractivity contribution in [3.8, 4) is 0 Å². The molecule has 19 heavy (non-hydrogen) atoms. The summed E-state index contributed by atoms with van der Waals surface area (Å²) < 4.78 is 5.26. The molecular formula is C13H24N4O2. The fraction of sp³-hybridized carbons (Fsp3) is 0.923. The average Bonchev–Trinajstić information content (AvgIpc) is 2.40. The lowest BCUT2D eigenvalue weighted by molar-refractivity contribution is -0.156. The molecule has 0 spiro atoms. The maximum Gasteiger partial charge on any atom is 0.326 e. The van der Waals surface area contributed by atoms with Gasteiger partial charge in [0.1, 0.15) is 5.54 Å². The minimum absolute atomic E-state index is 0.171. The van der Waals surface area contributed by atoms with Gasteiger partial charge in [-0.05, 0) is 30.7 Å². The van der Waals surface area contributed by atoms with Crippen LogP contribution in [0.25, 0.3) is 10.4 Å². The molecule has 0 heterocycles. The van der Waals surface area contributed by atoms with E-state index in [9.17, 15) is 4.79 Å². The first kappa shape index (κ1) is 15.8. The van der Waals surface area contributed by atoms with Crippen LogP contribution in [-0.4, -0.2) is 31.2 Å². The molecule has 108 valence electrons. The molecule has 3 atom stereocenters. The van der Waals surface area contributed by atoms with Gasteiger partial charge in [0.2, 0.25) is 0 Å².